The molecule has 1 unspecified atom stereocenters. The molecule has 1 aromatic heterocycles. The van der Waals surface area contributed by atoms with Crippen molar-refractivity contribution in [2.75, 3.05) is 26.7 Å². The van der Waals surface area contributed by atoms with Crippen LogP contribution in [-0.4, -0.2) is 49.6 Å². The summed E-state index contributed by atoms with van der Waals surface area (Å²) in [5.41, 5.74) is 0.961. The summed E-state index contributed by atoms with van der Waals surface area (Å²) >= 11 is 0. The van der Waals surface area contributed by atoms with E-state index in [1.807, 2.05) is 25.2 Å². The van der Waals surface area contributed by atoms with Crippen molar-refractivity contribution in [2.24, 2.45) is 4.99 Å². The smallest absolute Gasteiger partial charge is 0.191 e. The van der Waals surface area contributed by atoms with Crippen LogP contribution in [0.1, 0.15) is 37.9 Å². The Hall–Kier alpha value is -2.01. The predicted octanol–water partition coefficient (Wildman–Crippen LogP) is 3.16. The highest BCUT2D eigenvalue weighted by molar-refractivity contribution is 5.80. The molecular formula is C21H30N4O. The molecule has 1 saturated heterocycles. The number of aliphatic imine (C=N–C) groups is 1. The highest BCUT2D eigenvalue weighted by atomic mass is 16.3. The summed E-state index contributed by atoms with van der Waals surface area (Å²) in [6, 6.07) is 11.6. The summed E-state index contributed by atoms with van der Waals surface area (Å²) in [7, 11) is 1.85. The molecule has 1 aliphatic heterocycles. The summed E-state index contributed by atoms with van der Waals surface area (Å²) in [5, 5.41) is 8.20. The van der Waals surface area contributed by atoms with Crippen molar-refractivity contribution in [3.63, 3.8) is 0 Å². The Morgan fingerprint density at radius 3 is 2.88 bits per heavy atom. The van der Waals surface area contributed by atoms with Gasteiger partial charge < -0.3 is 15.1 Å². The van der Waals surface area contributed by atoms with Gasteiger partial charge in [0.25, 0.3) is 0 Å². The molecule has 1 aromatic carbocycles. The molecule has 26 heavy (non-hydrogen) atoms. The highest BCUT2D eigenvalue weighted by Crippen LogP contribution is 2.26. The molecule has 2 fully saturated rings. The molecule has 140 valence electrons. The number of nitrogens with one attached hydrogen (secondary N) is 2. The van der Waals surface area contributed by atoms with Crippen molar-refractivity contribution in [2.45, 2.75) is 50.6 Å². The zero-order valence-electron chi connectivity index (χ0n) is 15.7. The van der Waals surface area contributed by atoms with Crippen LogP contribution in [0.15, 0.2) is 39.7 Å². The average Bonchev–Trinajstić information content (AvgIpc) is 3.40. The summed E-state index contributed by atoms with van der Waals surface area (Å²) in [6.45, 7) is 3.19. The van der Waals surface area contributed by atoms with E-state index in [0.717, 1.165) is 42.9 Å². The van der Waals surface area contributed by atoms with Crippen LogP contribution < -0.4 is 10.6 Å². The molecule has 2 N–H and O–H groups in total. The SMILES string of the molecule is CN=C(NCCc1cc2ccccc2o1)NC1CCN(C2CCCC2)C1. The van der Waals surface area contributed by atoms with E-state index in [1.54, 1.807) is 0 Å². The van der Waals surface area contributed by atoms with Gasteiger partial charge in [0.15, 0.2) is 5.96 Å². The predicted molar refractivity (Wildman–Crippen MR) is 107 cm³/mol. The van der Waals surface area contributed by atoms with Gasteiger partial charge in [0.05, 0.1) is 0 Å². The van der Waals surface area contributed by atoms with Crippen LogP contribution in [0.2, 0.25) is 0 Å². The molecular weight excluding hydrogens is 324 g/mol. The van der Waals surface area contributed by atoms with Gasteiger partial charge in [0.1, 0.15) is 11.3 Å². The third-order valence-corrected chi connectivity index (χ3v) is 5.77. The quantitative estimate of drug-likeness (QED) is 0.640. The van der Waals surface area contributed by atoms with Gasteiger partial charge in [-0.25, -0.2) is 0 Å². The fraction of sp³-hybridized carbons (Fsp3) is 0.571. The van der Waals surface area contributed by atoms with Crippen molar-refractivity contribution in [1.29, 1.82) is 0 Å². The summed E-state index contributed by atoms with van der Waals surface area (Å²) in [4.78, 5) is 7.07. The molecule has 2 aliphatic rings. The lowest BCUT2D eigenvalue weighted by Gasteiger charge is -2.24. The third-order valence-electron chi connectivity index (χ3n) is 5.77. The second-order valence-corrected chi connectivity index (χ2v) is 7.56. The van der Waals surface area contributed by atoms with Crippen LogP contribution in [0.4, 0.5) is 0 Å². The number of rotatable bonds is 5. The number of fused-ring (bicyclic) bond motifs is 1. The molecule has 0 spiro atoms. The Balaban J connectivity index is 1.23. The van der Waals surface area contributed by atoms with Crippen LogP contribution in [-0.2, 0) is 6.42 Å². The highest BCUT2D eigenvalue weighted by Gasteiger charge is 2.30. The molecule has 0 amide bonds. The number of para-hydroxylation sites is 1. The van der Waals surface area contributed by atoms with Crippen LogP contribution >= 0.6 is 0 Å². The number of furan rings is 1. The first kappa shape index (κ1) is 17.4. The van der Waals surface area contributed by atoms with Gasteiger partial charge in [-0.1, -0.05) is 31.0 Å². The van der Waals surface area contributed by atoms with E-state index in [1.165, 1.54) is 44.0 Å². The van der Waals surface area contributed by atoms with Crippen LogP contribution in [0, 0.1) is 0 Å². The molecule has 4 rings (SSSR count). The molecule has 1 atom stereocenters. The first-order valence-electron chi connectivity index (χ1n) is 10.0. The zero-order valence-corrected chi connectivity index (χ0v) is 15.7. The molecule has 0 radical (unpaired) electrons. The fourth-order valence-electron chi connectivity index (χ4n) is 4.36. The third kappa shape index (κ3) is 4.04. The lowest BCUT2D eigenvalue weighted by Crippen LogP contribution is -2.45. The second kappa shape index (κ2) is 8.12. The molecule has 1 aliphatic carbocycles. The standard InChI is InChI=1S/C21H30N4O/c1-22-21(24-17-11-13-25(15-17)18-7-3-4-8-18)23-12-10-19-14-16-6-2-5-9-20(16)26-19/h2,5-6,9,14,17-18H,3-4,7-8,10-13,15H2,1H3,(H2,22,23,24). The lowest BCUT2D eigenvalue weighted by molar-refractivity contribution is 0.242. The van der Waals surface area contributed by atoms with Crippen molar-refractivity contribution >= 4 is 16.9 Å². The number of hydrogen-bond donors (Lipinski definition) is 2. The molecule has 5 heteroatoms. The maximum Gasteiger partial charge on any atom is 0.191 e. The zero-order chi connectivity index (χ0) is 17.8. The molecule has 2 heterocycles. The van der Waals surface area contributed by atoms with Gasteiger partial charge in [0.2, 0.25) is 0 Å². The van der Waals surface area contributed by atoms with Crippen molar-refractivity contribution in [1.82, 2.24) is 15.5 Å². The lowest BCUT2D eigenvalue weighted by atomic mass is 10.2. The Labute approximate surface area is 155 Å². The fourth-order valence-corrected chi connectivity index (χ4v) is 4.36. The second-order valence-electron chi connectivity index (χ2n) is 7.56. The molecule has 5 nitrogen and oxygen atoms in total. The molecule has 0 bridgehead atoms. The minimum absolute atomic E-state index is 0.507. The van der Waals surface area contributed by atoms with E-state index in [9.17, 15) is 0 Å². The topological polar surface area (TPSA) is 52.8 Å². The first-order chi connectivity index (χ1) is 12.8. The van der Waals surface area contributed by atoms with Gasteiger partial charge in [0, 0.05) is 50.6 Å². The molecule has 2 aromatic rings. The van der Waals surface area contributed by atoms with Crippen molar-refractivity contribution < 1.29 is 4.42 Å². The van der Waals surface area contributed by atoms with E-state index in [4.69, 9.17) is 4.42 Å². The normalized spacial score (nSPS) is 22.3. The van der Waals surface area contributed by atoms with Crippen molar-refractivity contribution in [3.05, 3.63) is 36.1 Å². The van der Waals surface area contributed by atoms with Crippen LogP contribution in [0.25, 0.3) is 11.0 Å². The van der Waals surface area contributed by atoms with Crippen LogP contribution in [0.3, 0.4) is 0 Å². The van der Waals surface area contributed by atoms with E-state index < -0.39 is 0 Å². The maximum atomic E-state index is 5.88. The Morgan fingerprint density at radius 2 is 2.08 bits per heavy atom. The van der Waals surface area contributed by atoms with Gasteiger partial charge in [-0.3, -0.25) is 9.89 Å². The number of nitrogens with zero attached hydrogens (tertiary/aromatic N) is 2. The number of likely N-dealkylation sites (tertiary alicyclic amines) is 1. The number of benzene rings is 1. The average molecular weight is 354 g/mol. The number of guanidine groups is 1. The van der Waals surface area contributed by atoms with Gasteiger partial charge in [-0.05, 0) is 31.4 Å². The van der Waals surface area contributed by atoms with Gasteiger partial charge in [-0.15, -0.1) is 0 Å². The van der Waals surface area contributed by atoms with Crippen LogP contribution in [0.5, 0.6) is 0 Å². The van der Waals surface area contributed by atoms with E-state index in [2.05, 4.69) is 32.7 Å². The van der Waals surface area contributed by atoms with E-state index in [-0.39, 0.29) is 0 Å². The summed E-state index contributed by atoms with van der Waals surface area (Å²) in [6.07, 6.45) is 7.65. The van der Waals surface area contributed by atoms with Gasteiger partial charge in [-0.2, -0.15) is 0 Å². The molecule has 1 saturated carbocycles. The minimum Gasteiger partial charge on any atom is -0.461 e. The van der Waals surface area contributed by atoms with E-state index >= 15 is 0 Å². The first-order valence-corrected chi connectivity index (χ1v) is 10.0. The Morgan fingerprint density at radius 1 is 1.23 bits per heavy atom. The van der Waals surface area contributed by atoms with Crippen molar-refractivity contribution in [3.8, 4) is 0 Å². The Kier molecular flexibility index (Phi) is 5.44. The number of hydrogen-bond acceptors (Lipinski definition) is 3. The Bertz CT molecular complexity index is 714. The monoisotopic (exact) mass is 354 g/mol. The van der Waals surface area contributed by atoms with Gasteiger partial charge >= 0.3 is 0 Å². The minimum atomic E-state index is 0.507. The maximum absolute atomic E-state index is 5.88. The summed E-state index contributed by atoms with van der Waals surface area (Å²) < 4.78 is 5.88. The largest absolute Gasteiger partial charge is 0.461 e. The van der Waals surface area contributed by atoms with E-state index in [0.29, 0.717) is 6.04 Å². The summed E-state index contributed by atoms with van der Waals surface area (Å²) in [5.74, 6) is 1.92.